The number of hydrogen-bond donors (Lipinski definition) is 3. The summed E-state index contributed by atoms with van der Waals surface area (Å²) < 4.78 is 13.7. The zero-order valence-corrected chi connectivity index (χ0v) is 18.5. The molecule has 1 saturated heterocycles. The third kappa shape index (κ3) is 5.10. The summed E-state index contributed by atoms with van der Waals surface area (Å²) >= 11 is 0. The number of nitrogens with zero attached hydrogens (tertiary/aromatic N) is 1. The fourth-order valence-corrected chi connectivity index (χ4v) is 4.35. The van der Waals surface area contributed by atoms with Crippen molar-refractivity contribution in [2.45, 2.75) is 33.1 Å². The Morgan fingerprint density at radius 2 is 1.94 bits per heavy atom. The number of anilines is 1. The van der Waals surface area contributed by atoms with E-state index in [0.717, 1.165) is 46.3 Å². The van der Waals surface area contributed by atoms with Crippen LogP contribution in [0.15, 0.2) is 42.5 Å². The first-order valence-electron chi connectivity index (χ1n) is 11.0. The fraction of sp³-hybridized carbons (Fsp3) is 0.360. The molecule has 6 nitrogen and oxygen atoms in total. The van der Waals surface area contributed by atoms with Gasteiger partial charge in [0.1, 0.15) is 5.82 Å². The third-order valence-electron chi connectivity index (χ3n) is 6.14. The van der Waals surface area contributed by atoms with Crippen LogP contribution in [-0.2, 0) is 11.2 Å². The highest BCUT2D eigenvalue weighted by molar-refractivity contribution is 5.90. The Kier molecular flexibility index (Phi) is 6.44. The highest BCUT2D eigenvalue weighted by atomic mass is 19.1. The molecule has 1 aromatic heterocycles. The number of carbonyl (C=O) groups is 2. The fourth-order valence-electron chi connectivity index (χ4n) is 4.35. The lowest BCUT2D eigenvalue weighted by atomic mass is 9.97. The number of rotatable bonds is 5. The standard InChI is InChI=1S/C25H29FN4O2/c1-16-5-8-20(9-6-16)29-25(32)27-14-18-4-3-11-30(15-18)24(31)13-21-17(2)28-23-10-7-19(26)12-22(21)23/h5-10,12,18,28H,3-4,11,13-15H2,1-2H3,(H2,27,29,32). The molecule has 1 aliphatic rings. The molecular formula is C25H29FN4O2. The minimum Gasteiger partial charge on any atom is -0.358 e. The number of carbonyl (C=O) groups excluding carboxylic acids is 2. The first kappa shape index (κ1) is 21.9. The van der Waals surface area contributed by atoms with Gasteiger partial charge in [0.25, 0.3) is 0 Å². The summed E-state index contributed by atoms with van der Waals surface area (Å²) in [4.78, 5) is 30.3. The van der Waals surface area contributed by atoms with Crippen LogP contribution in [0.3, 0.4) is 0 Å². The summed E-state index contributed by atoms with van der Waals surface area (Å²) in [5.41, 5.74) is 4.46. The van der Waals surface area contributed by atoms with Crippen LogP contribution in [0, 0.1) is 25.6 Å². The van der Waals surface area contributed by atoms with Crippen LogP contribution in [0.5, 0.6) is 0 Å². The second-order valence-electron chi connectivity index (χ2n) is 8.64. The van der Waals surface area contributed by atoms with Crippen molar-refractivity contribution in [3.05, 3.63) is 65.1 Å². The summed E-state index contributed by atoms with van der Waals surface area (Å²) in [5, 5.41) is 6.52. The Bertz CT molecular complexity index is 1120. The van der Waals surface area contributed by atoms with E-state index in [1.54, 1.807) is 6.07 Å². The number of benzene rings is 2. The van der Waals surface area contributed by atoms with Gasteiger partial charge in [0.15, 0.2) is 0 Å². The SMILES string of the molecule is Cc1ccc(NC(=O)NCC2CCCN(C(=O)Cc3c(C)[nH]c4ccc(F)cc34)C2)cc1. The number of fused-ring (bicyclic) bond motifs is 1. The van der Waals surface area contributed by atoms with E-state index in [0.29, 0.717) is 19.6 Å². The number of aromatic amines is 1. The molecule has 32 heavy (non-hydrogen) atoms. The van der Waals surface area contributed by atoms with Gasteiger partial charge in [-0.3, -0.25) is 4.79 Å². The van der Waals surface area contributed by atoms with Crippen molar-refractivity contribution >= 4 is 28.5 Å². The Morgan fingerprint density at radius 3 is 2.72 bits per heavy atom. The maximum Gasteiger partial charge on any atom is 0.319 e. The number of nitrogens with one attached hydrogen (secondary N) is 3. The predicted octanol–water partition coefficient (Wildman–Crippen LogP) is 4.53. The molecule has 1 fully saturated rings. The Morgan fingerprint density at radius 1 is 1.16 bits per heavy atom. The van der Waals surface area contributed by atoms with Gasteiger partial charge in [-0.05, 0) is 68.5 Å². The number of aryl methyl sites for hydroxylation is 2. The van der Waals surface area contributed by atoms with E-state index in [1.807, 2.05) is 43.0 Å². The van der Waals surface area contributed by atoms with Gasteiger partial charge in [-0.1, -0.05) is 17.7 Å². The lowest BCUT2D eigenvalue weighted by Gasteiger charge is -2.33. The number of hydrogen-bond acceptors (Lipinski definition) is 2. The molecule has 0 bridgehead atoms. The Balaban J connectivity index is 1.32. The summed E-state index contributed by atoms with van der Waals surface area (Å²) in [7, 11) is 0. The van der Waals surface area contributed by atoms with Gasteiger partial charge in [-0.15, -0.1) is 0 Å². The molecule has 4 rings (SSSR count). The maximum atomic E-state index is 13.7. The van der Waals surface area contributed by atoms with Crippen LogP contribution >= 0.6 is 0 Å². The number of urea groups is 1. The molecule has 0 radical (unpaired) electrons. The quantitative estimate of drug-likeness (QED) is 0.550. The van der Waals surface area contributed by atoms with Crippen LogP contribution in [-0.4, -0.2) is 41.5 Å². The van der Waals surface area contributed by atoms with Gasteiger partial charge in [0, 0.05) is 41.9 Å². The molecule has 1 atom stereocenters. The molecule has 0 spiro atoms. The van der Waals surface area contributed by atoms with Crippen LogP contribution in [0.1, 0.15) is 29.7 Å². The number of halogens is 1. The van der Waals surface area contributed by atoms with Crippen molar-refractivity contribution in [2.75, 3.05) is 25.0 Å². The van der Waals surface area contributed by atoms with Gasteiger partial charge in [-0.25, -0.2) is 9.18 Å². The largest absolute Gasteiger partial charge is 0.358 e. The second-order valence-corrected chi connectivity index (χ2v) is 8.64. The van der Waals surface area contributed by atoms with Gasteiger partial charge in [-0.2, -0.15) is 0 Å². The molecule has 3 amide bonds. The molecule has 1 aliphatic heterocycles. The number of aromatic nitrogens is 1. The molecule has 3 N–H and O–H groups in total. The summed E-state index contributed by atoms with van der Waals surface area (Å²) in [5.74, 6) is -0.0664. The average Bonchev–Trinajstić information content (AvgIpc) is 3.08. The van der Waals surface area contributed by atoms with E-state index in [9.17, 15) is 14.0 Å². The highest BCUT2D eigenvalue weighted by Gasteiger charge is 2.25. The van der Waals surface area contributed by atoms with Gasteiger partial charge in [0.2, 0.25) is 5.91 Å². The maximum absolute atomic E-state index is 13.7. The molecule has 3 aromatic rings. The molecule has 7 heteroatoms. The normalized spacial score (nSPS) is 16.2. The zero-order valence-electron chi connectivity index (χ0n) is 18.5. The van der Waals surface area contributed by atoms with E-state index in [1.165, 1.54) is 12.1 Å². The van der Waals surface area contributed by atoms with Gasteiger partial charge >= 0.3 is 6.03 Å². The second kappa shape index (κ2) is 9.42. The van der Waals surface area contributed by atoms with Crippen molar-refractivity contribution in [2.24, 2.45) is 5.92 Å². The third-order valence-corrected chi connectivity index (χ3v) is 6.14. The molecular weight excluding hydrogens is 407 g/mol. The van der Waals surface area contributed by atoms with Crippen LogP contribution in [0.2, 0.25) is 0 Å². The van der Waals surface area contributed by atoms with Crippen LogP contribution in [0.4, 0.5) is 14.9 Å². The van der Waals surface area contributed by atoms with Crippen molar-refractivity contribution < 1.29 is 14.0 Å². The van der Waals surface area contributed by atoms with Crippen molar-refractivity contribution in [1.29, 1.82) is 0 Å². The summed E-state index contributed by atoms with van der Waals surface area (Å²) in [6, 6.07) is 12.0. The van der Waals surface area contributed by atoms with Crippen molar-refractivity contribution in [1.82, 2.24) is 15.2 Å². The monoisotopic (exact) mass is 436 g/mol. The van der Waals surface area contributed by atoms with Gasteiger partial charge in [0.05, 0.1) is 6.42 Å². The first-order chi connectivity index (χ1) is 15.4. The van der Waals surface area contributed by atoms with Crippen LogP contribution in [0.25, 0.3) is 10.9 Å². The van der Waals surface area contributed by atoms with Gasteiger partial charge < -0.3 is 20.5 Å². The molecule has 1 unspecified atom stereocenters. The number of piperidine rings is 1. The van der Waals surface area contributed by atoms with Crippen molar-refractivity contribution in [3.8, 4) is 0 Å². The summed E-state index contributed by atoms with van der Waals surface area (Å²) in [6.45, 7) is 5.74. The lowest BCUT2D eigenvalue weighted by Crippen LogP contribution is -2.44. The van der Waals surface area contributed by atoms with Crippen molar-refractivity contribution in [3.63, 3.8) is 0 Å². The predicted molar refractivity (Wildman–Crippen MR) is 124 cm³/mol. The molecule has 2 heterocycles. The molecule has 2 aromatic carbocycles. The minimum absolute atomic E-state index is 0.0343. The summed E-state index contributed by atoms with van der Waals surface area (Å²) in [6.07, 6.45) is 2.11. The topological polar surface area (TPSA) is 77.2 Å². The van der Waals surface area contributed by atoms with E-state index in [2.05, 4.69) is 15.6 Å². The Hall–Kier alpha value is -3.35. The van der Waals surface area contributed by atoms with Crippen LogP contribution < -0.4 is 10.6 Å². The minimum atomic E-state index is -0.307. The number of likely N-dealkylation sites (tertiary alicyclic amines) is 1. The number of H-pyrrole nitrogens is 1. The van der Waals surface area contributed by atoms with E-state index < -0.39 is 0 Å². The van der Waals surface area contributed by atoms with E-state index in [4.69, 9.17) is 0 Å². The first-order valence-corrected chi connectivity index (χ1v) is 11.0. The molecule has 0 aliphatic carbocycles. The lowest BCUT2D eigenvalue weighted by molar-refractivity contribution is -0.132. The van der Waals surface area contributed by atoms with E-state index >= 15 is 0 Å². The average molecular weight is 437 g/mol. The van der Waals surface area contributed by atoms with E-state index in [-0.39, 0.29) is 30.1 Å². The zero-order chi connectivity index (χ0) is 22.7. The smallest absolute Gasteiger partial charge is 0.319 e. The molecule has 0 saturated carbocycles. The molecule has 168 valence electrons. The number of amides is 3. The highest BCUT2D eigenvalue weighted by Crippen LogP contribution is 2.25. The Labute approximate surface area is 187 Å².